The molecule has 9 nitrogen and oxygen atoms in total. The van der Waals surface area contributed by atoms with Gasteiger partial charge in [-0.1, -0.05) is 44.2 Å². The van der Waals surface area contributed by atoms with E-state index in [0.717, 1.165) is 19.1 Å². The van der Waals surface area contributed by atoms with Gasteiger partial charge in [0.2, 0.25) is 5.91 Å². The topological polar surface area (TPSA) is 122 Å². The van der Waals surface area contributed by atoms with Crippen molar-refractivity contribution in [3.63, 3.8) is 0 Å². The van der Waals surface area contributed by atoms with Gasteiger partial charge < -0.3 is 19.5 Å². The van der Waals surface area contributed by atoms with E-state index >= 15 is 0 Å². The largest absolute Gasteiger partial charge is 0.480 e. The second kappa shape index (κ2) is 13.1. The highest BCUT2D eigenvalue weighted by Crippen LogP contribution is 2.44. The second-order valence-corrected chi connectivity index (χ2v) is 11.7. The summed E-state index contributed by atoms with van der Waals surface area (Å²) in [6.45, 7) is 5.17. The molecule has 1 aromatic rings. The molecule has 1 aliphatic rings. The average molecular weight is 497 g/mol. The number of rotatable bonds is 15. The van der Waals surface area contributed by atoms with Gasteiger partial charge in [-0.05, 0) is 44.6 Å². The summed E-state index contributed by atoms with van der Waals surface area (Å²) in [4.78, 5) is 36.7. The average Bonchev–Trinajstić information content (AvgIpc) is 3.30. The normalized spacial score (nSPS) is 18.9. The number of ether oxygens (including phenoxy) is 1. The molecule has 2 rings (SSSR count). The van der Waals surface area contributed by atoms with Gasteiger partial charge in [-0.3, -0.25) is 13.9 Å². The third-order valence-corrected chi connectivity index (χ3v) is 7.94. The lowest BCUT2D eigenvalue weighted by molar-refractivity contribution is -0.148. The zero-order chi connectivity index (χ0) is 25.2. The molecule has 2 N–H and O–H groups in total. The molecule has 1 fully saturated rings. The van der Waals surface area contributed by atoms with Crippen LogP contribution in [0.25, 0.3) is 0 Å². The van der Waals surface area contributed by atoms with Gasteiger partial charge >= 0.3 is 5.97 Å². The van der Waals surface area contributed by atoms with E-state index in [-0.39, 0.29) is 19.6 Å². The summed E-state index contributed by atoms with van der Waals surface area (Å²) in [6, 6.07) is 8.22. The number of aliphatic carboxylic acids is 1. The van der Waals surface area contributed by atoms with Crippen LogP contribution < -0.4 is 5.09 Å². The number of hydrogen-bond acceptors (Lipinski definition) is 6. The predicted molar refractivity (Wildman–Crippen MR) is 129 cm³/mol. The first-order valence-electron chi connectivity index (χ1n) is 11.7. The van der Waals surface area contributed by atoms with Crippen LogP contribution in [0.3, 0.4) is 0 Å². The number of nitrogens with one attached hydrogen (secondary N) is 1. The van der Waals surface area contributed by atoms with E-state index in [0.29, 0.717) is 25.8 Å². The van der Waals surface area contributed by atoms with E-state index in [1.54, 1.807) is 20.8 Å². The number of benzene rings is 1. The molecule has 1 unspecified atom stereocenters. The molecule has 1 aromatic carbocycles. The lowest BCUT2D eigenvalue weighted by atomic mass is 9.98. The predicted octanol–water partition coefficient (Wildman–Crippen LogP) is 3.47. The van der Waals surface area contributed by atoms with Crippen LogP contribution in [-0.2, 0) is 34.6 Å². The maximum absolute atomic E-state index is 13.6. The van der Waals surface area contributed by atoms with E-state index in [1.807, 2.05) is 30.3 Å². The summed E-state index contributed by atoms with van der Waals surface area (Å²) in [6.07, 6.45) is 4.21. The number of hydrogen-bond donors (Lipinski definition) is 2. The number of aryl methyl sites for hydroxylation is 1. The van der Waals surface area contributed by atoms with Gasteiger partial charge in [-0.2, -0.15) is 0 Å². The van der Waals surface area contributed by atoms with Gasteiger partial charge in [0.05, 0.1) is 12.6 Å². The Morgan fingerprint density at radius 3 is 2.65 bits per heavy atom. The van der Waals surface area contributed by atoms with Crippen molar-refractivity contribution in [2.75, 3.05) is 26.1 Å². The highest BCUT2D eigenvalue weighted by atomic mass is 31.2. The molecule has 1 heterocycles. The van der Waals surface area contributed by atoms with E-state index in [2.05, 4.69) is 5.09 Å². The minimum Gasteiger partial charge on any atom is -0.480 e. The minimum absolute atomic E-state index is 0.104. The number of carbonyl (C=O) groups is 3. The lowest BCUT2D eigenvalue weighted by Crippen LogP contribution is -2.48. The van der Waals surface area contributed by atoms with Gasteiger partial charge in [0.25, 0.3) is 7.52 Å². The van der Waals surface area contributed by atoms with E-state index in [4.69, 9.17) is 9.26 Å². The highest BCUT2D eigenvalue weighted by Gasteiger charge is 2.38. The van der Waals surface area contributed by atoms with Crippen LogP contribution in [0.15, 0.2) is 30.3 Å². The quantitative estimate of drug-likeness (QED) is 0.164. The van der Waals surface area contributed by atoms with Crippen LogP contribution in [-0.4, -0.2) is 66.4 Å². The van der Waals surface area contributed by atoms with Crippen molar-refractivity contribution in [2.45, 2.75) is 65.0 Å². The first-order chi connectivity index (χ1) is 16.1. The van der Waals surface area contributed by atoms with Crippen molar-refractivity contribution in [3.8, 4) is 0 Å². The summed E-state index contributed by atoms with van der Waals surface area (Å²) in [5.41, 5.74) is 0.490. The Labute approximate surface area is 201 Å². The Balaban J connectivity index is 1.97. The molecule has 1 aliphatic heterocycles. The maximum atomic E-state index is 13.6. The number of carbonyl (C=O) groups excluding carboxylic acids is 2. The molecule has 0 aromatic heterocycles. The van der Waals surface area contributed by atoms with Crippen LogP contribution in [0.1, 0.15) is 52.0 Å². The highest BCUT2D eigenvalue weighted by molar-refractivity contribution is 7.56. The van der Waals surface area contributed by atoms with Crippen molar-refractivity contribution < 1.29 is 33.3 Å². The Kier molecular flexibility index (Phi) is 10.9. The number of carboxylic acids is 1. The SMILES string of the molecule is C[C@H](NP(=O)(CCCCc1ccccc1)OCOCC(C)(C)C=O)C(=O)N1CCC[C@H]1C(=O)O. The van der Waals surface area contributed by atoms with Crippen molar-refractivity contribution in [2.24, 2.45) is 5.41 Å². The van der Waals surface area contributed by atoms with Crippen molar-refractivity contribution in [1.82, 2.24) is 9.99 Å². The molecular weight excluding hydrogens is 459 g/mol. The molecule has 0 bridgehead atoms. The van der Waals surface area contributed by atoms with E-state index in [1.165, 1.54) is 10.5 Å². The van der Waals surface area contributed by atoms with Crippen molar-refractivity contribution >= 4 is 25.7 Å². The molecule has 0 saturated carbocycles. The minimum atomic E-state index is -3.48. The molecule has 0 spiro atoms. The first-order valence-corrected chi connectivity index (χ1v) is 13.5. The van der Waals surface area contributed by atoms with Crippen LogP contribution in [0.2, 0.25) is 0 Å². The molecule has 3 atom stereocenters. The smallest absolute Gasteiger partial charge is 0.326 e. The molecular formula is C24H37N2O7P. The van der Waals surface area contributed by atoms with Crippen molar-refractivity contribution in [3.05, 3.63) is 35.9 Å². The van der Waals surface area contributed by atoms with Gasteiger partial charge in [0, 0.05) is 18.1 Å². The van der Waals surface area contributed by atoms with Crippen LogP contribution >= 0.6 is 7.52 Å². The third-order valence-electron chi connectivity index (χ3n) is 5.73. The van der Waals surface area contributed by atoms with Crippen LogP contribution in [0.5, 0.6) is 0 Å². The Hall–Kier alpha value is -2.06. The molecule has 1 saturated heterocycles. The molecule has 34 heavy (non-hydrogen) atoms. The zero-order valence-corrected chi connectivity index (χ0v) is 21.2. The number of nitrogens with zero attached hydrogens (tertiary/aromatic N) is 1. The summed E-state index contributed by atoms with van der Waals surface area (Å²) in [5.74, 6) is -1.45. The van der Waals surface area contributed by atoms with Crippen LogP contribution in [0.4, 0.5) is 0 Å². The Bertz CT molecular complexity index is 862. The summed E-state index contributed by atoms with van der Waals surface area (Å²) >= 11 is 0. The lowest BCUT2D eigenvalue weighted by Gasteiger charge is -2.28. The summed E-state index contributed by atoms with van der Waals surface area (Å²) in [5, 5.41) is 12.2. The van der Waals surface area contributed by atoms with Gasteiger partial charge in [0.1, 0.15) is 12.3 Å². The monoisotopic (exact) mass is 496 g/mol. The maximum Gasteiger partial charge on any atom is 0.326 e. The van der Waals surface area contributed by atoms with E-state index in [9.17, 15) is 24.1 Å². The molecule has 10 heteroatoms. The van der Waals surface area contributed by atoms with Gasteiger partial charge in [-0.15, -0.1) is 0 Å². The Morgan fingerprint density at radius 1 is 1.29 bits per heavy atom. The first kappa shape index (κ1) is 28.2. The second-order valence-electron chi connectivity index (χ2n) is 9.42. The number of unbranched alkanes of at least 4 members (excludes halogenated alkanes) is 1. The number of aldehydes is 1. The number of likely N-dealkylation sites (tertiary alicyclic amines) is 1. The fourth-order valence-corrected chi connectivity index (χ4v) is 5.73. The summed E-state index contributed by atoms with van der Waals surface area (Å²) in [7, 11) is -3.48. The third kappa shape index (κ3) is 8.95. The van der Waals surface area contributed by atoms with E-state index < -0.39 is 36.9 Å². The molecule has 1 amide bonds. The van der Waals surface area contributed by atoms with Gasteiger partial charge in [0.15, 0.2) is 6.79 Å². The molecule has 190 valence electrons. The van der Waals surface area contributed by atoms with Crippen LogP contribution in [0, 0.1) is 5.41 Å². The van der Waals surface area contributed by atoms with Gasteiger partial charge in [-0.25, -0.2) is 9.88 Å². The fourth-order valence-electron chi connectivity index (χ4n) is 3.81. The molecule has 0 aliphatic carbocycles. The number of carboxylic acid groups (broad SMARTS) is 1. The molecule has 0 radical (unpaired) electrons. The summed E-state index contributed by atoms with van der Waals surface area (Å²) < 4.78 is 24.6. The Morgan fingerprint density at radius 2 is 2.00 bits per heavy atom. The zero-order valence-electron chi connectivity index (χ0n) is 20.3. The number of amides is 1. The fraction of sp³-hybridized carbons (Fsp3) is 0.625. The standard InChI is InChI=1S/C24H37N2O7P/c1-19(22(28)26-14-9-13-21(26)23(29)30)25-34(31,33-18-32-17-24(2,3)16-27)15-8-7-12-20-10-5-4-6-11-20/h4-6,10-11,16,19,21H,7-9,12-15,17-18H2,1-3H3,(H,25,31)(H,29,30)/t19-,21-,34?/m0/s1. The van der Waals surface area contributed by atoms with Crippen molar-refractivity contribution in [1.29, 1.82) is 0 Å².